The highest BCUT2D eigenvalue weighted by Crippen LogP contribution is 2.23. The first-order valence-electron chi connectivity index (χ1n) is 17.3. The number of fused-ring (bicyclic) bond motifs is 1. The molecule has 1 unspecified atom stereocenters. The summed E-state index contributed by atoms with van der Waals surface area (Å²) in [5, 5.41) is 2.18. The lowest BCUT2D eigenvalue weighted by Crippen LogP contribution is -2.56. The minimum Gasteiger partial charge on any atom is -0.341 e. The highest BCUT2D eigenvalue weighted by molar-refractivity contribution is 5.95. The lowest BCUT2D eigenvalue weighted by Gasteiger charge is -2.39. The number of carbonyl (C=O) groups is 3. The SMILES string of the molecule is CN(C)CC1CCN(C(=O)C(CCc2ccccc2)N(C)C(=O)[C@@H](Cc2ccc3ccccc3c2)N(C)C(=O)/C=C/CC(C)(C)N)CC1. The van der Waals surface area contributed by atoms with Crippen molar-refractivity contribution in [2.75, 3.05) is 47.8 Å². The Kier molecular flexibility index (Phi) is 13.0. The Morgan fingerprint density at radius 3 is 2.15 bits per heavy atom. The van der Waals surface area contributed by atoms with Crippen LogP contribution < -0.4 is 5.73 Å². The van der Waals surface area contributed by atoms with Gasteiger partial charge in [-0.15, -0.1) is 0 Å². The van der Waals surface area contributed by atoms with Gasteiger partial charge in [-0.1, -0.05) is 78.9 Å². The molecule has 2 atom stereocenters. The zero-order chi connectivity index (χ0) is 34.8. The molecule has 258 valence electrons. The number of nitrogens with zero attached hydrogens (tertiary/aromatic N) is 4. The molecule has 1 saturated heterocycles. The Balaban J connectivity index is 1.62. The summed E-state index contributed by atoms with van der Waals surface area (Å²) in [6.45, 7) is 6.18. The average Bonchev–Trinajstić information content (AvgIpc) is 3.06. The van der Waals surface area contributed by atoms with Crippen LogP contribution in [0.2, 0.25) is 0 Å². The van der Waals surface area contributed by atoms with Crippen LogP contribution in [0.3, 0.4) is 0 Å². The number of likely N-dealkylation sites (N-methyl/N-ethyl adjacent to an activating group) is 2. The topological polar surface area (TPSA) is 90.2 Å². The molecule has 1 aliphatic heterocycles. The van der Waals surface area contributed by atoms with E-state index in [-0.39, 0.29) is 17.7 Å². The van der Waals surface area contributed by atoms with Gasteiger partial charge >= 0.3 is 0 Å². The first-order valence-corrected chi connectivity index (χ1v) is 17.3. The maximum atomic E-state index is 14.6. The molecule has 3 amide bonds. The molecular weight excluding hydrogens is 598 g/mol. The quantitative estimate of drug-likeness (QED) is 0.243. The summed E-state index contributed by atoms with van der Waals surface area (Å²) in [5.41, 5.74) is 7.75. The van der Waals surface area contributed by atoms with Crippen LogP contribution in [-0.4, -0.2) is 103 Å². The molecule has 3 aromatic rings. The zero-order valence-corrected chi connectivity index (χ0v) is 29.8. The lowest BCUT2D eigenvalue weighted by atomic mass is 9.94. The molecule has 0 bridgehead atoms. The van der Waals surface area contributed by atoms with Gasteiger partial charge in [0.05, 0.1) is 0 Å². The molecule has 1 fully saturated rings. The number of likely N-dealkylation sites (tertiary alicyclic amines) is 1. The third-order valence-electron chi connectivity index (χ3n) is 9.45. The first-order chi connectivity index (χ1) is 22.8. The van der Waals surface area contributed by atoms with Gasteiger partial charge in [-0.25, -0.2) is 0 Å². The number of rotatable bonds is 14. The van der Waals surface area contributed by atoms with E-state index in [0.29, 0.717) is 44.7 Å². The van der Waals surface area contributed by atoms with Crippen LogP contribution in [0.4, 0.5) is 0 Å². The first kappa shape index (κ1) is 36.8. The minimum absolute atomic E-state index is 0.0198. The average molecular weight is 654 g/mol. The molecule has 0 radical (unpaired) electrons. The van der Waals surface area contributed by atoms with Crippen LogP contribution in [0, 0.1) is 5.92 Å². The fourth-order valence-corrected chi connectivity index (χ4v) is 6.60. The smallest absolute Gasteiger partial charge is 0.246 e. The van der Waals surface area contributed by atoms with E-state index in [1.165, 1.54) is 11.0 Å². The molecule has 1 heterocycles. The molecule has 8 heteroatoms. The number of hydrogen-bond acceptors (Lipinski definition) is 5. The Bertz CT molecular complexity index is 1540. The van der Waals surface area contributed by atoms with E-state index in [4.69, 9.17) is 5.73 Å². The maximum Gasteiger partial charge on any atom is 0.246 e. The third-order valence-corrected chi connectivity index (χ3v) is 9.45. The second kappa shape index (κ2) is 16.9. The van der Waals surface area contributed by atoms with Gasteiger partial charge < -0.3 is 25.3 Å². The van der Waals surface area contributed by atoms with E-state index in [9.17, 15) is 14.4 Å². The fourth-order valence-electron chi connectivity index (χ4n) is 6.60. The monoisotopic (exact) mass is 653 g/mol. The van der Waals surface area contributed by atoms with Crippen molar-refractivity contribution in [2.24, 2.45) is 11.7 Å². The molecule has 8 nitrogen and oxygen atoms in total. The summed E-state index contributed by atoms with van der Waals surface area (Å²) in [5.74, 6) is 0.00560. The van der Waals surface area contributed by atoms with Crippen molar-refractivity contribution in [3.05, 3.63) is 96.1 Å². The van der Waals surface area contributed by atoms with Crippen LogP contribution in [0.25, 0.3) is 10.8 Å². The van der Waals surface area contributed by atoms with E-state index in [2.05, 4.69) is 43.3 Å². The number of aryl methyl sites for hydroxylation is 1. The van der Waals surface area contributed by atoms with Crippen molar-refractivity contribution in [1.29, 1.82) is 0 Å². The van der Waals surface area contributed by atoms with E-state index in [1.54, 1.807) is 25.1 Å². The number of amides is 3. The fraction of sp³-hybridized carbons (Fsp3) is 0.475. The molecule has 0 saturated carbocycles. The van der Waals surface area contributed by atoms with Gasteiger partial charge in [0.2, 0.25) is 17.7 Å². The molecule has 1 aliphatic rings. The highest BCUT2D eigenvalue weighted by Gasteiger charge is 2.37. The standard InChI is InChI=1S/C40H55N5O3/c1-40(2,41)24-12-17-37(46)43(5)36(28-32-18-20-33-15-10-11-16-34(33)27-32)38(47)44(6)35(21-19-30-13-8-7-9-14-30)39(48)45-25-22-31(23-26-45)29-42(3)4/h7-18,20,27,31,35-36H,19,21-26,28-29,41H2,1-6H3/b17-12+/t35?,36-/m1/s1. The molecule has 48 heavy (non-hydrogen) atoms. The normalized spacial score (nSPS) is 15.5. The third kappa shape index (κ3) is 10.5. The van der Waals surface area contributed by atoms with Gasteiger partial charge in [0.15, 0.2) is 0 Å². The van der Waals surface area contributed by atoms with Crippen LogP contribution >= 0.6 is 0 Å². The summed E-state index contributed by atoms with van der Waals surface area (Å²) in [6.07, 6.45) is 7.17. The Labute approximate surface area is 287 Å². The van der Waals surface area contributed by atoms with Crippen LogP contribution in [0.5, 0.6) is 0 Å². The van der Waals surface area contributed by atoms with Crippen molar-refractivity contribution in [3.8, 4) is 0 Å². The zero-order valence-electron chi connectivity index (χ0n) is 29.8. The predicted molar refractivity (Wildman–Crippen MR) is 195 cm³/mol. The van der Waals surface area contributed by atoms with E-state index < -0.39 is 17.6 Å². The summed E-state index contributed by atoms with van der Waals surface area (Å²) in [4.78, 5) is 49.7. The van der Waals surface area contributed by atoms with Crippen LogP contribution in [-0.2, 0) is 27.2 Å². The van der Waals surface area contributed by atoms with Crippen molar-refractivity contribution in [1.82, 2.24) is 19.6 Å². The maximum absolute atomic E-state index is 14.6. The molecule has 2 N–H and O–H groups in total. The Hall–Kier alpha value is -4.01. The van der Waals surface area contributed by atoms with E-state index in [1.807, 2.05) is 67.3 Å². The Morgan fingerprint density at radius 1 is 0.854 bits per heavy atom. The summed E-state index contributed by atoms with van der Waals surface area (Å²) in [7, 11) is 7.58. The second-order valence-corrected chi connectivity index (χ2v) is 14.5. The Morgan fingerprint density at radius 2 is 1.50 bits per heavy atom. The molecule has 0 aliphatic carbocycles. The van der Waals surface area contributed by atoms with Gasteiger partial charge in [-0.2, -0.15) is 0 Å². The van der Waals surface area contributed by atoms with E-state index in [0.717, 1.165) is 41.3 Å². The van der Waals surface area contributed by atoms with Crippen molar-refractivity contribution in [3.63, 3.8) is 0 Å². The minimum atomic E-state index is -0.808. The number of carbonyl (C=O) groups excluding carboxylic acids is 3. The van der Waals surface area contributed by atoms with Crippen LogP contribution in [0.1, 0.15) is 50.7 Å². The van der Waals surface area contributed by atoms with Gasteiger partial charge in [-0.3, -0.25) is 14.4 Å². The van der Waals surface area contributed by atoms with Gasteiger partial charge in [0, 0.05) is 45.7 Å². The predicted octanol–water partition coefficient (Wildman–Crippen LogP) is 5.15. The molecular formula is C40H55N5O3. The summed E-state index contributed by atoms with van der Waals surface area (Å²) >= 11 is 0. The molecule has 0 aromatic heterocycles. The number of piperidine rings is 1. The molecule has 3 aromatic carbocycles. The van der Waals surface area contributed by atoms with Crippen molar-refractivity contribution < 1.29 is 14.4 Å². The highest BCUT2D eigenvalue weighted by atomic mass is 16.2. The number of hydrogen-bond donors (Lipinski definition) is 1. The van der Waals surface area contributed by atoms with Gasteiger partial charge in [-0.05, 0) is 93.9 Å². The number of nitrogens with two attached hydrogens (primary N) is 1. The molecule has 0 spiro atoms. The van der Waals surface area contributed by atoms with Crippen molar-refractivity contribution >= 4 is 28.5 Å². The lowest BCUT2D eigenvalue weighted by molar-refractivity contribution is -0.150. The second-order valence-electron chi connectivity index (χ2n) is 14.5. The number of benzene rings is 3. The van der Waals surface area contributed by atoms with E-state index >= 15 is 0 Å². The van der Waals surface area contributed by atoms with Crippen LogP contribution in [0.15, 0.2) is 84.9 Å². The summed E-state index contributed by atoms with van der Waals surface area (Å²) < 4.78 is 0. The largest absolute Gasteiger partial charge is 0.341 e. The van der Waals surface area contributed by atoms with Gasteiger partial charge in [0.25, 0.3) is 0 Å². The van der Waals surface area contributed by atoms with Crippen molar-refractivity contribution in [2.45, 2.75) is 70.0 Å². The molecule has 4 rings (SSSR count). The van der Waals surface area contributed by atoms with Gasteiger partial charge in [0.1, 0.15) is 12.1 Å². The summed E-state index contributed by atoms with van der Waals surface area (Å²) in [6, 6.07) is 22.9.